The fourth-order valence-electron chi connectivity index (χ4n) is 3.43. The quantitative estimate of drug-likeness (QED) is 0.448. The number of rotatable bonds is 8. The minimum atomic E-state index is -0.255. The van der Waals surface area contributed by atoms with Gasteiger partial charge in [0, 0.05) is 24.5 Å². The van der Waals surface area contributed by atoms with Crippen LogP contribution in [0.3, 0.4) is 0 Å². The summed E-state index contributed by atoms with van der Waals surface area (Å²) in [6.07, 6.45) is 5.02. The number of aryl methyl sites for hydroxylation is 1. The van der Waals surface area contributed by atoms with Gasteiger partial charge in [-0.15, -0.1) is 0 Å². The van der Waals surface area contributed by atoms with E-state index in [9.17, 15) is 9.59 Å². The molecule has 1 N–H and O–H groups in total. The maximum atomic E-state index is 12.8. The second-order valence-electron chi connectivity index (χ2n) is 7.26. The average Bonchev–Trinajstić information content (AvgIpc) is 3.25. The van der Waals surface area contributed by atoms with Crippen molar-refractivity contribution in [3.63, 3.8) is 0 Å². The van der Waals surface area contributed by atoms with E-state index < -0.39 is 0 Å². The first kappa shape index (κ1) is 20.4. The summed E-state index contributed by atoms with van der Waals surface area (Å²) in [7, 11) is 1.61. The number of amides is 1. The van der Waals surface area contributed by atoms with Crippen LogP contribution in [0.2, 0.25) is 0 Å². The summed E-state index contributed by atoms with van der Waals surface area (Å²) in [6.45, 7) is 0.544. The second kappa shape index (κ2) is 9.30. The Hall–Kier alpha value is -3.87. The highest BCUT2D eigenvalue weighted by Crippen LogP contribution is 2.21. The fourth-order valence-corrected chi connectivity index (χ4v) is 3.43. The predicted octanol–water partition coefficient (Wildman–Crippen LogP) is 2.92. The van der Waals surface area contributed by atoms with E-state index in [1.165, 1.54) is 14.6 Å². The Morgan fingerprint density at radius 3 is 2.58 bits per heavy atom. The molecule has 0 saturated heterocycles. The standard InChI is InChI=1S/C24H24N4O3/c1-31-20-11-9-19(10-12-20)21-16-22-24(30)27(14-15-28(22)26-21)17-23(29)25-13-5-8-18-6-3-2-4-7-18/h2-4,6-7,9-12,14-16H,5,8,13,17H2,1H3,(H,25,29). The zero-order valence-corrected chi connectivity index (χ0v) is 17.3. The molecule has 31 heavy (non-hydrogen) atoms. The van der Waals surface area contributed by atoms with Gasteiger partial charge in [-0.2, -0.15) is 5.10 Å². The third kappa shape index (κ3) is 4.83. The van der Waals surface area contributed by atoms with Crippen LogP contribution in [0.5, 0.6) is 5.75 Å². The van der Waals surface area contributed by atoms with Gasteiger partial charge in [0.15, 0.2) is 0 Å². The lowest BCUT2D eigenvalue weighted by atomic mass is 10.1. The molecule has 0 aliphatic carbocycles. The molecule has 7 heteroatoms. The molecule has 0 saturated carbocycles. The number of aromatic nitrogens is 3. The highest BCUT2D eigenvalue weighted by atomic mass is 16.5. The van der Waals surface area contributed by atoms with E-state index >= 15 is 0 Å². The molecule has 0 radical (unpaired) electrons. The van der Waals surface area contributed by atoms with E-state index in [0.717, 1.165) is 24.2 Å². The monoisotopic (exact) mass is 416 g/mol. The molecular weight excluding hydrogens is 392 g/mol. The molecule has 0 aliphatic rings. The van der Waals surface area contributed by atoms with Crippen molar-refractivity contribution in [3.05, 3.63) is 89.0 Å². The fraction of sp³-hybridized carbons (Fsp3) is 0.208. The molecule has 2 heterocycles. The molecule has 0 fully saturated rings. The zero-order valence-electron chi connectivity index (χ0n) is 17.3. The Kier molecular flexibility index (Phi) is 6.12. The van der Waals surface area contributed by atoms with Gasteiger partial charge in [-0.25, -0.2) is 4.52 Å². The van der Waals surface area contributed by atoms with Crippen LogP contribution in [-0.2, 0) is 17.8 Å². The van der Waals surface area contributed by atoms with Crippen LogP contribution >= 0.6 is 0 Å². The van der Waals surface area contributed by atoms with Crippen molar-refractivity contribution in [1.29, 1.82) is 0 Å². The summed E-state index contributed by atoms with van der Waals surface area (Å²) in [5, 5.41) is 7.36. The van der Waals surface area contributed by atoms with Gasteiger partial charge >= 0.3 is 0 Å². The third-order valence-electron chi connectivity index (χ3n) is 5.11. The van der Waals surface area contributed by atoms with Crippen LogP contribution in [0.4, 0.5) is 0 Å². The van der Waals surface area contributed by atoms with Crippen LogP contribution in [0.15, 0.2) is 77.9 Å². The molecule has 2 aromatic heterocycles. The van der Waals surface area contributed by atoms with Gasteiger partial charge in [-0.1, -0.05) is 30.3 Å². The first-order valence-corrected chi connectivity index (χ1v) is 10.2. The van der Waals surface area contributed by atoms with Crippen LogP contribution in [0.25, 0.3) is 16.8 Å². The number of hydrogen-bond acceptors (Lipinski definition) is 4. The summed E-state index contributed by atoms with van der Waals surface area (Å²) in [4.78, 5) is 25.1. The number of nitrogens with one attached hydrogen (secondary N) is 1. The van der Waals surface area contributed by atoms with E-state index in [1.54, 1.807) is 25.6 Å². The van der Waals surface area contributed by atoms with Gasteiger partial charge in [0.25, 0.3) is 5.56 Å². The molecule has 158 valence electrons. The summed E-state index contributed by atoms with van der Waals surface area (Å²) < 4.78 is 8.12. The highest BCUT2D eigenvalue weighted by molar-refractivity contribution is 5.76. The molecule has 0 bridgehead atoms. The van der Waals surface area contributed by atoms with Crippen LogP contribution in [0.1, 0.15) is 12.0 Å². The average molecular weight is 416 g/mol. The molecule has 0 unspecified atom stereocenters. The molecular formula is C24H24N4O3. The summed E-state index contributed by atoms with van der Waals surface area (Å²) in [5.74, 6) is 0.569. The van der Waals surface area contributed by atoms with Crippen LogP contribution in [0, 0.1) is 0 Å². The minimum absolute atomic E-state index is 0.0241. The topological polar surface area (TPSA) is 77.6 Å². The second-order valence-corrected chi connectivity index (χ2v) is 7.26. The van der Waals surface area contributed by atoms with Crippen LogP contribution < -0.4 is 15.6 Å². The van der Waals surface area contributed by atoms with E-state index in [4.69, 9.17) is 4.74 Å². The summed E-state index contributed by atoms with van der Waals surface area (Å²) in [5.41, 5.74) is 2.97. The normalized spacial score (nSPS) is 10.9. The minimum Gasteiger partial charge on any atom is -0.497 e. The molecule has 2 aromatic carbocycles. The Labute approximate surface area is 179 Å². The van der Waals surface area contributed by atoms with Gasteiger partial charge in [0.1, 0.15) is 17.8 Å². The molecule has 0 spiro atoms. The van der Waals surface area contributed by atoms with Gasteiger partial charge in [0.2, 0.25) is 5.91 Å². The number of carbonyl (C=O) groups excluding carboxylic acids is 1. The number of nitrogens with zero attached hydrogens (tertiary/aromatic N) is 3. The number of fused-ring (bicyclic) bond motifs is 1. The van der Waals surface area contributed by atoms with Crippen molar-refractivity contribution in [2.75, 3.05) is 13.7 Å². The molecule has 1 amide bonds. The number of ether oxygens (including phenoxy) is 1. The largest absolute Gasteiger partial charge is 0.497 e. The van der Waals surface area contributed by atoms with Crippen molar-refractivity contribution in [3.8, 4) is 17.0 Å². The van der Waals surface area contributed by atoms with Crippen molar-refractivity contribution < 1.29 is 9.53 Å². The zero-order chi connectivity index (χ0) is 21.6. The SMILES string of the molecule is COc1ccc(-c2cc3c(=O)n(CC(=O)NCCCc4ccccc4)ccn3n2)cc1. The number of carbonyl (C=O) groups is 1. The van der Waals surface area contributed by atoms with E-state index in [2.05, 4.69) is 22.5 Å². The number of hydrogen-bond donors (Lipinski definition) is 1. The Morgan fingerprint density at radius 2 is 1.84 bits per heavy atom. The predicted molar refractivity (Wildman–Crippen MR) is 119 cm³/mol. The van der Waals surface area contributed by atoms with E-state index in [1.807, 2.05) is 42.5 Å². The highest BCUT2D eigenvalue weighted by Gasteiger charge is 2.11. The summed E-state index contributed by atoms with van der Waals surface area (Å²) >= 11 is 0. The number of methoxy groups -OCH3 is 1. The molecule has 4 rings (SSSR count). The smallest absolute Gasteiger partial charge is 0.277 e. The molecule has 0 atom stereocenters. The Morgan fingerprint density at radius 1 is 1.06 bits per heavy atom. The van der Waals surface area contributed by atoms with E-state index in [0.29, 0.717) is 17.8 Å². The number of benzene rings is 2. The summed E-state index contributed by atoms with van der Waals surface area (Å²) in [6, 6.07) is 19.4. The maximum absolute atomic E-state index is 12.8. The van der Waals surface area contributed by atoms with Crippen LogP contribution in [-0.4, -0.2) is 33.7 Å². The van der Waals surface area contributed by atoms with Gasteiger partial charge in [0.05, 0.1) is 12.8 Å². The lowest BCUT2D eigenvalue weighted by Gasteiger charge is -2.08. The van der Waals surface area contributed by atoms with Crippen molar-refractivity contribution in [2.45, 2.75) is 19.4 Å². The lowest BCUT2D eigenvalue weighted by Crippen LogP contribution is -2.33. The van der Waals surface area contributed by atoms with Gasteiger partial charge in [-0.3, -0.25) is 9.59 Å². The van der Waals surface area contributed by atoms with E-state index in [-0.39, 0.29) is 18.0 Å². The molecule has 0 aliphatic heterocycles. The van der Waals surface area contributed by atoms with Crippen molar-refractivity contribution in [2.24, 2.45) is 0 Å². The maximum Gasteiger partial charge on any atom is 0.277 e. The molecule has 7 nitrogen and oxygen atoms in total. The van der Waals surface area contributed by atoms with Gasteiger partial charge in [-0.05, 0) is 48.7 Å². The third-order valence-corrected chi connectivity index (χ3v) is 5.11. The molecule has 4 aromatic rings. The first-order valence-electron chi connectivity index (χ1n) is 10.2. The van der Waals surface area contributed by atoms with Crippen molar-refractivity contribution >= 4 is 11.4 Å². The first-order chi connectivity index (χ1) is 15.1. The van der Waals surface area contributed by atoms with Gasteiger partial charge < -0.3 is 14.6 Å². The Balaban J connectivity index is 1.40. The lowest BCUT2D eigenvalue weighted by molar-refractivity contribution is -0.121. The Bertz CT molecular complexity index is 1230. The van der Waals surface area contributed by atoms with Crippen molar-refractivity contribution in [1.82, 2.24) is 19.5 Å².